The van der Waals surface area contributed by atoms with Crippen LogP contribution in [0.1, 0.15) is 19.8 Å². The molecule has 2 N–H and O–H groups in total. The number of nitrogens with zero attached hydrogens (tertiary/aromatic N) is 1. The van der Waals surface area contributed by atoms with Gasteiger partial charge in [-0.3, -0.25) is 0 Å². The molecule has 0 radical (unpaired) electrons. The number of hydrogen-bond acceptors (Lipinski definition) is 3. The minimum atomic E-state index is 0.262. The van der Waals surface area contributed by atoms with Crippen molar-refractivity contribution in [2.24, 2.45) is 5.92 Å². The molecule has 0 aliphatic carbocycles. The number of thiocarbonyl (C=S) groups is 1. The Morgan fingerprint density at radius 1 is 1.47 bits per heavy atom. The van der Waals surface area contributed by atoms with Crippen molar-refractivity contribution < 1.29 is 4.74 Å². The van der Waals surface area contributed by atoms with Crippen molar-refractivity contribution >= 4 is 17.3 Å². The molecule has 0 aromatic carbocycles. The summed E-state index contributed by atoms with van der Waals surface area (Å²) in [4.78, 5) is 2.38. The van der Waals surface area contributed by atoms with E-state index in [2.05, 4.69) is 29.5 Å². The first-order valence-electron chi connectivity index (χ1n) is 6.33. The number of methoxy groups -OCH3 is 1. The highest BCUT2D eigenvalue weighted by Crippen LogP contribution is 2.14. The Bertz CT molecular complexity index is 230. The molecule has 1 unspecified atom stereocenters. The smallest absolute Gasteiger partial charge is 0.166 e. The second kappa shape index (κ2) is 7.84. The van der Waals surface area contributed by atoms with Gasteiger partial charge < -0.3 is 20.3 Å². The molecule has 1 atom stereocenters. The molecule has 0 bridgehead atoms. The molecule has 0 aromatic heterocycles. The number of hydrogen-bond donors (Lipinski definition) is 2. The van der Waals surface area contributed by atoms with E-state index in [1.807, 2.05) is 0 Å². The largest absolute Gasteiger partial charge is 0.383 e. The van der Waals surface area contributed by atoms with Crippen LogP contribution in [0.2, 0.25) is 0 Å². The van der Waals surface area contributed by atoms with E-state index >= 15 is 0 Å². The molecule has 5 heteroatoms. The molecule has 1 aliphatic rings. The second-order valence-corrected chi connectivity index (χ2v) is 5.37. The fourth-order valence-electron chi connectivity index (χ4n) is 2.07. The molecule has 0 amide bonds. The van der Waals surface area contributed by atoms with Gasteiger partial charge in [0, 0.05) is 19.7 Å². The zero-order valence-corrected chi connectivity index (χ0v) is 12.0. The number of rotatable bonds is 5. The summed E-state index contributed by atoms with van der Waals surface area (Å²) in [6, 6.07) is 0.262. The number of nitrogens with one attached hydrogen (secondary N) is 2. The fraction of sp³-hybridized carbons (Fsp3) is 0.917. The van der Waals surface area contributed by atoms with Gasteiger partial charge in [0.1, 0.15) is 0 Å². The molecule has 1 aliphatic heterocycles. The summed E-state index contributed by atoms with van der Waals surface area (Å²) in [5.41, 5.74) is 0. The van der Waals surface area contributed by atoms with Gasteiger partial charge in [-0.05, 0) is 58.0 Å². The van der Waals surface area contributed by atoms with Crippen LogP contribution in [-0.4, -0.2) is 56.5 Å². The predicted octanol–water partition coefficient (Wildman–Crippen LogP) is 0.827. The van der Waals surface area contributed by atoms with Crippen molar-refractivity contribution in [3.05, 3.63) is 0 Å². The number of ether oxygens (including phenoxy) is 1. The van der Waals surface area contributed by atoms with Crippen LogP contribution in [-0.2, 0) is 4.74 Å². The summed E-state index contributed by atoms with van der Waals surface area (Å²) in [6.07, 6.45) is 2.53. The first-order valence-corrected chi connectivity index (χ1v) is 6.74. The maximum atomic E-state index is 5.25. The molecule has 1 fully saturated rings. The average molecular weight is 259 g/mol. The molecule has 0 aromatic rings. The number of piperidine rings is 1. The summed E-state index contributed by atoms with van der Waals surface area (Å²) >= 11 is 5.25. The van der Waals surface area contributed by atoms with Crippen LogP contribution in [0, 0.1) is 5.92 Å². The predicted molar refractivity (Wildman–Crippen MR) is 75.3 cm³/mol. The molecule has 0 saturated carbocycles. The Morgan fingerprint density at radius 3 is 2.71 bits per heavy atom. The Balaban J connectivity index is 2.11. The number of likely N-dealkylation sites (tertiary alicyclic amines) is 1. The highest BCUT2D eigenvalue weighted by atomic mass is 32.1. The zero-order chi connectivity index (χ0) is 12.7. The minimum Gasteiger partial charge on any atom is -0.383 e. The third kappa shape index (κ3) is 6.19. The topological polar surface area (TPSA) is 36.5 Å². The van der Waals surface area contributed by atoms with Gasteiger partial charge in [0.25, 0.3) is 0 Å². The van der Waals surface area contributed by atoms with Gasteiger partial charge in [0.05, 0.1) is 6.61 Å². The van der Waals surface area contributed by atoms with Crippen molar-refractivity contribution in [1.82, 2.24) is 15.5 Å². The van der Waals surface area contributed by atoms with Crippen molar-refractivity contribution in [2.45, 2.75) is 25.8 Å². The fourth-order valence-corrected chi connectivity index (χ4v) is 2.35. The van der Waals surface area contributed by atoms with Crippen molar-refractivity contribution in [3.63, 3.8) is 0 Å². The van der Waals surface area contributed by atoms with Crippen LogP contribution in [0.3, 0.4) is 0 Å². The van der Waals surface area contributed by atoms with Gasteiger partial charge >= 0.3 is 0 Å². The van der Waals surface area contributed by atoms with Gasteiger partial charge in [-0.15, -0.1) is 0 Å². The van der Waals surface area contributed by atoms with Crippen molar-refractivity contribution in [1.29, 1.82) is 0 Å². The van der Waals surface area contributed by atoms with Crippen molar-refractivity contribution in [3.8, 4) is 0 Å². The van der Waals surface area contributed by atoms with E-state index in [0.29, 0.717) is 6.61 Å². The zero-order valence-electron chi connectivity index (χ0n) is 11.2. The van der Waals surface area contributed by atoms with Crippen LogP contribution in [0.4, 0.5) is 0 Å². The van der Waals surface area contributed by atoms with Crippen LogP contribution in [0.15, 0.2) is 0 Å². The summed E-state index contributed by atoms with van der Waals surface area (Å²) < 4.78 is 5.06. The molecule has 4 nitrogen and oxygen atoms in total. The maximum Gasteiger partial charge on any atom is 0.166 e. The van der Waals surface area contributed by atoms with E-state index in [-0.39, 0.29) is 6.04 Å². The lowest BCUT2D eigenvalue weighted by atomic mass is 9.97. The highest BCUT2D eigenvalue weighted by molar-refractivity contribution is 7.80. The Kier molecular flexibility index (Phi) is 6.77. The van der Waals surface area contributed by atoms with E-state index in [1.54, 1.807) is 7.11 Å². The second-order valence-electron chi connectivity index (χ2n) is 4.96. The third-order valence-electron chi connectivity index (χ3n) is 3.18. The lowest BCUT2D eigenvalue weighted by molar-refractivity contribution is 0.179. The first-order chi connectivity index (χ1) is 8.11. The lowest BCUT2D eigenvalue weighted by Gasteiger charge is -2.29. The molecule has 17 heavy (non-hydrogen) atoms. The van der Waals surface area contributed by atoms with Crippen LogP contribution in [0.5, 0.6) is 0 Å². The monoisotopic (exact) mass is 259 g/mol. The molecule has 100 valence electrons. The molecule has 1 rings (SSSR count). The molecule has 1 saturated heterocycles. The van der Waals surface area contributed by atoms with E-state index < -0.39 is 0 Å². The van der Waals surface area contributed by atoms with Crippen molar-refractivity contribution in [2.75, 3.05) is 40.4 Å². The van der Waals surface area contributed by atoms with Crippen LogP contribution in [0.25, 0.3) is 0 Å². The Morgan fingerprint density at radius 2 is 2.12 bits per heavy atom. The quantitative estimate of drug-likeness (QED) is 0.715. The van der Waals surface area contributed by atoms with Gasteiger partial charge in [0.2, 0.25) is 0 Å². The van der Waals surface area contributed by atoms with Gasteiger partial charge in [-0.1, -0.05) is 0 Å². The first kappa shape index (κ1) is 14.7. The van der Waals surface area contributed by atoms with Gasteiger partial charge in [0.15, 0.2) is 5.11 Å². The van der Waals surface area contributed by atoms with Crippen LogP contribution < -0.4 is 10.6 Å². The van der Waals surface area contributed by atoms with E-state index in [4.69, 9.17) is 17.0 Å². The van der Waals surface area contributed by atoms with Gasteiger partial charge in [-0.25, -0.2) is 0 Å². The van der Waals surface area contributed by atoms with Gasteiger partial charge in [-0.2, -0.15) is 0 Å². The summed E-state index contributed by atoms with van der Waals surface area (Å²) in [7, 11) is 3.88. The summed E-state index contributed by atoms with van der Waals surface area (Å²) in [5, 5.41) is 7.26. The van der Waals surface area contributed by atoms with E-state index in [0.717, 1.165) is 17.6 Å². The molecular formula is C12H25N3OS. The van der Waals surface area contributed by atoms with Crippen LogP contribution >= 0.6 is 12.2 Å². The molecule has 1 heterocycles. The third-order valence-corrected chi connectivity index (χ3v) is 3.45. The highest BCUT2D eigenvalue weighted by Gasteiger charge is 2.16. The minimum absolute atomic E-state index is 0.262. The lowest BCUT2D eigenvalue weighted by Crippen LogP contribution is -2.45. The standard InChI is InChI=1S/C12H25N3OS/c1-10(9-16-3)14-12(17)13-8-11-4-6-15(2)7-5-11/h10-11H,4-9H2,1-3H3,(H2,13,14,17). The molecular weight excluding hydrogens is 234 g/mol. The molecule has 0 spiro atoms. The summed E-state index contributed by atoms with van der Waals surface area (Å²) in [6.45, 7) is 6.13. The van der Waals surface area contributed by atoms with E-state index in [1.165, 1.54) is 25.9 Å². The Labute approximate surface area is 110 Å². The van der Waals surface area contributed by atoms with E-state index in [9.17, 15) is 0 Å². The Hall–Kier alpha value is -0.390. The maximum absolute atomic E-state index is 5.25. The average Bonchev–Trinajstić information content (AvgIpc) is 2.28. The normalized spacial score (nSPS) is 19.9. The SMILES string of the molecule is COCC(C)NC(=S)NCC1CCN(C)CC1. The summed E-state index contributed by atoms with van der Waals surface area (Å²) in [5.74, 6) is 0.753.